The van der Waals surface area contributed by atoms with Crippen LogP contribution in [-0.4, -0.2) is 65.0 Å². The molecule has 2 N–H and O–H groups in total. The Kier molecular flexibility index (Phi) is 6.41. The molecular weight excluding hydrogens is 422 g/mol. The Hall–Kier alpha value is -2.29. The number of piperazine rings is 1. The summed E-state index contributed by atoms with van der Waals surface area (Å²) in [6.07, 6.45) is 1.95. The maximum Gasteiger partial charge on any atom is 0.251 e. The molecule has 5 rings (SSSR count). The highest BCUT2D eigenvalue weighted by molar-refractivity contribution is 5.85. The lowest BCUT2D eigenvalue weighted by Gasteiger charge is -2.40. The summed E-state index contributed by atoms with van der Waals surface area (Å²) in [4.78, 5) is 16.7. The second kappa shape index (κ2) is 9.06. The summed E-state index contributed by atoms with van der Waals surface area (Å²) >= 11 is 0. The predicted octanol–water partition coefficient (Wildman–Crippen LogP) is 3.39. The normalized spacial score (nSPS) is 21.9. The van der Waals surface area contributed by atoms with Crippen LogP contribution in [0.25, 0.3) is 10.9 Å². The number of aromatic amines is 1. The van der Waals surface area contributed by atoms with Gasteiger partial charge in [-0.15, -0.1) is 12.4 Å². The SMILES string of the molecule is C[C@@H]1Cc2c([nH]c3ccccc23)[C@@H](c2cnc(N3CCNCC3)nc2)N1CC(F)F.Cl. The number of hydrogen-bond donors (Lipinski definition) is 2. The number of alkyl halides is 2. The Labute approximate surface area is 186 Å². The smallest absolute Gasteiger partial charge is 0.251 e. The standard InChI is InChI=1S/C22H26F2N6.ClH/c1-14-10-17-16-4-2-3-5-18(16)28-20(17)21(30(14)13-19(23)24)15-11-26-22(27-12-15)29-8-6-25-7-9-29;/h2-5,11-12,14,19,21,25,28H,6-10,13H2,1H3;1H/t14-,21-;/m1./s1. The van der Waals surface area contributed by atoms with Crippen molar-refractivity contribution in [3.8, 4) is 0 Å². The van der Waals surface area contributed by atoms with Crippen molar-refractivity contribution in [3.63, 3.8) is 0 Å². The molecule has 0 unspecified atom stereocenters. The number of anilines is 1. The van der Waals surface area contributed by atoms with Gasteiger partial charge in [0.15, 0.2) is 0 Å². The van der Waals surface area contributed by atoms with Gasteiger partial charge in [0.05, 0.1) is 12.6 Å². The first-order valence-corrected chi connectivity index (χ1v) is 10.5. The van der Waals surface area contributed by atoms with Crippen LogP contribution in [0.2, 0.25) is 0 Å². The van der Waals surface area contributed by atoms with Crippen LogP contribution in [-0.2, 0) is 6.42 Å². The zero-order chi connectivity index (χ0) is 20.7. The molecule has 166 valence electrons. The van der Waals surface area contributed by atoms with E-state index in [1.165, 1.54) is 10.9 Å². The van der Waals surface area contributed by atoms with Gasteiger partial charge in [0.1, 0.15) is 0 Å². The topological polar surface area (TPSA) is 60.1 Å². The lowest BCUT2D eigenvalue weighted by atomic mass is 9.89. The maximum absolute atomic E-state index is 13.5. The monoisotopic (exact) mass is 448 g/mol. The van der Waals surface area contributed by atoms with Crippen molar-refractivity contribution in [3.05, 3.63) is 53.5 Å². The van der Waals surface area contributed by atoms with Crippen molar-refractivity contribution in [2.45, 2.75) is 31.9 Å². The van der Waals surface area contributed by atoms with Gasteiger partial charge in [0, 0.05) is 66.8 Å². The second-order valence-electron chi connectivity index (χ2n) is 8.16. The van der Waals surface area contributed by atoms with Gasteiger partial charge in [-0.2, -0.15) is 0 Å². The summed E-state index contributed by atoms with van der Waals surface area (Å²) in [6, 6.07) is 7.82. The molecule has 9 heteroatoms. The van der Waals surface area contributed by atoms with Gasteiger partial charge in [0.25, 0.3) is 6.43 Å². The fourth-order valence-corrected chi connectivity index (χ4v) is 4.81. The maximum atomic E-state index is 13.5. The van der Waals surface area contributed by atoms with Crippen LogP contribution in [0, 0.1) is 0 Å². The largest absolute Gasteiger partial charge is 0.357 e. The summed E-state index contributed by atoms with van der Waals surface area (Å²) in [5, 5.41) is 4.49. The van der Waals surface area contributed by atoms with Crippen molar-refractivity contribution in [2.75, 3.05) is 37.6 Å². The average molecular weight is 449 g/mol. The molecule has 0 spiro atoms. The van der Waals surface area contributed by atoms with Gasteiger partial charge in [0.2, 0.25) is 5.95 Å². The van der Waals surface area contributed by atoms with Crippen molar-refractivity contribution in [2.24, 2.45) is 0 Å². The van der Waals surface area contributed by atoms with E-state index < -0.39 is 6.43 Å². The van der Waals surface area contributed by atoms with Crippen LogP contribution in [0.3, 0.4) is 0 Å². The van der Waals surface area contributed by atoms with E-state index in [2.05, 4.69) is 31.2 Å². The van der Waals surface area contributed by atoms with Crippen LogP contribution >= 0.6 is 12.4 Å². The molecule has 1 fully saturated rings. The van der Waals surface area contributed by atoms with Crippen molar-refractivity contribution in [1.29, 1.82) is 0 Å². The van der Waals surface area contributed by atoms with E-state index in [-0.39, 0.29) is 31.0 Å². The fraction of sp³-hybridized carbons (Fsp3) is 0.455. The highest BCUT2D eigenvalue weighted by Crippen LogP contribution is 2.40. The lowest BCUT2D eigenvalue weighted by molar-refractivity contribution is 0.0454. The molecule has 0 bridgehead atoms. The quantitative estimate of drug-likeness (QED) is 0.640. The molecule has 1 aromatic carbocycles. The van der Waals surface area contributed by atoms with E-state index in [1.807, 2.05) is 30.0 Å². The Morgan fingerprint density at radius 2 is 1.84 bits per heavy atom. The number of rotatable bonds is 4. The molecule has 4 heterocycles. The molecular formula is C22H27ClF2N6. The van der Waals surface area contributed by atoms with Crippen LogP contribution in [0.4, 0.5) is 14.7 Å². The predicted molar refractivity (Wildman–Crippen MR) is 120 cm³/mol. The van der Waals surface area contributed by atoms with Gasteiger partial charge in [-0.3, -0.25) is 4.90 Å². The number of nitrogens with zero attached hydrogens (tertiary/aromatic N) is 4. The van der Waals surface area contributed by atoms with E-state index in [9.17, 15) is 8.78 Å². The Bertz CT molecular complexity index is 1020. The van der Waals surface area contributed by atoms with E-state index in [0.29, 0.717) is 5.95 Å². The van der Waals surface area contributed by atoms with Crippen molar-refractivity contribution < 1.29 is 8.78 Å². The average Bonchev–Trinajstić information content (AvgIpc) is 3.13. The molecule has 2 aliphatic heterocycles. The third-order valence-electron chi connectivity index (χ3n) is 6.24. The Balaban J connectivity index is 0.00000231. The summed E-state index contributed by atoms with van der Waals surface area (Å²) in [5.74, 6) is 0.696. The zero-order valence-electron chi connectivity index (χ0n) is 17.4. The van der Waals surface area contributed by atoms with Gasteiger partial charge in [-0.1, -0.05) is 18.2 Å². The van der Waals surface area contributed by atoms with Gasteiger partial charge < -0.3 is 15.2 Å². The first kappa shape index (κ1) is 21.9. The Morgan fingerprint density at radius 3 is 2.55 bits per heavy atom. The zero-order valence-corrected chi connectivity index (χ0v) is 18.2. The molecule has 0 aliphatic carbocycles. The van der Waals surface area contributed by atoms with Crippen LogP contribution in [0.1, 0.15) is 29.8 Å². The summed E-state index contributed by atoms with van der Waals surface area (Å²) in [5.41, 5.74) is 4.07. The molecule has 2 atom stereocenters. The number of benzene rings is 1. The highest BCUT2D eigenvalue weighted by atomic mass is 35.5. The number of hydrogen-bond acceptors (Lipinski definition) is 5. The number of halogens is 3. The summed E-state index contributed by atoms with van der Waals surface area (Å²) in [7, 11) is 0. The minimum atomic E-state index is -2.40. The molecule has 3 aromatic rings. The molecule has 2 aromatic heterocycles. The molecule has 1 saturated heterocycles. The molecule has 6 nitrogen and oxygen atoms in total. The minimum Gasteiger partial charge on any atom is -0.357 e. The number of fused-ring (bicyclic) bond motifs is 3. The highest BCUT2D eigenvalue weighted by Gasteiger charge is 2.37. The van der Waals surface area contributed by atoms with E-state index in [0.717, 1.165) is 49.4 Å². The number of nitrogens with one attached hydrogen (secondary N) is 2. The minimum absolute atomic E-state index is 0. The number of H-pyrrole nitrogens is 1. The molecule has 0 amide bonds. The molecule has 31 heavy (non-hydrogen) atoms. The summed E-state index contributed by atoms with van der Waals surface area (Å²) in [6.45, 7) is 5.29. The van der Waals surface area contributed by atoms with Gasteiger partial charge in [-0.05, 0) is 25.0 Å². The Morgan fingerprint density at radius 1 is 1.13 bits per heavy atom. The van der Waals surface area contributed by atoms with E-state index in [1.54, 1.807) is 12.4 Å². The summed E-state index contributed by atoms with van der Waals surface area (Å²) < 4.78 is 26.9. The third kappa shape index (κ3) is 4.12. The van der Waals surface area contributed by atoms with Crippen LogP contribution in [0.5, 0.6) is 0 Å². The second-order valence-corrected chi connectivity index (χ2v) is 8.16. The van der Waals surface area contributed by atoms with Gasteiger partial charge in [-0.25, -0.2) is 18.7 Å². The van der Waals surface area contributed by atoms with Gasteiger partial charge >= 0.3 is 0 Å². The van der Waals surface area contributed by atoms with E-state index in [4.69, 9.17) is 0 Å². The molecule has 0 radical (unpaired) electrons. The third-order valence-corrected chi connectivity index (χ3v) is 6.24. The van der Waals surface area contributed by atoms with Crippen molar-refractivity contribution in [1.82, 2.24) is 25.2 Å². The van der Waals surface area contributed by atoms with Crippen molar-refractivity contribution >= 4 is 29.3 Å². The number of para-hydroxylation sites is 1. The lowest BCUT2D eigenvalue weighted by Crippen LogP contribution is -2.45. The number of aromatic nitrogens is 3. The molecule has 2 aliphatic rings. The molecule has 0 saturated carbocycles. The first-order valence-electron chi connectivity index (χ1n) is 10.5. The fourth-order valence-electron chi connectivity index (χ4n) is 4.81. The van der Waals surface area contributed by atoms with Crippen LogP contribution < -0.4 is 10.2 Å². The van der Waals surface area contributed by atoms with E-state index >= 15 is 0 Å². The first-order chi connectivity index (χ1) is 14.6. The van der Waals surface area contributed by atoms with Crippen LogP contribution in [0.15, 0.2) is 36.7 Å².